The van der Waals surface area contributed by atoms with E-state index in [-0.39, 0.29) is 11.6 Å². The molecule has 0 spiro atoms. The molecule has 1 aromatic carbocycles. The lowest BCUT2D eigenvalue weighted by Crippen LogP contribution is -2.25. The summed E-state index contributed by atoms with van der Waals surface area (Å²) in [7, 11) is 0. The molecule has 0 aliphatic carbocycles. The quantitative estimate of drug-likeness (QED) is 0.824. The van der Waals surface area contributed by atoms with Crippen molar-refractivity contribution in [3.05, 3.63) is 35.1 Å². The maximum atomic E-state index is 13.0. The predicted molar refractivity (Wildman–Crippen MR) is 67.6 cm³/mol. The van der Waals surface area contributed by atoms with Crippen molar-refractivity contribution >= 4 is 5.78 Å². The number of rotatable bonds is 6. The van der Waals surface area contributed by atoms with Gasteiger partial charge in [-0.1, -0.05) is 19.9 Å². The largest absolute Gasteiger partial charge is 0.314 e. The first-order chi connectivity index (χ1) is 7.99. The van der Waals surface area contributed by atoms with Gasteiger partial charge in [0, 0.05) is 25.4 Å². The number of hydrogen-bond donors (Lipinski definition) is 1. The second-order valence-electron chi connectivity index (χ2n) is 4.65. The fourth-order valence-corrected chi connectivity index (χ4v) is 1.63. The summed E-state index contributed by atoms with van der Waals surface area (Å²) in [4.78, 5) is 11.7. The van der Waals surface area contributed by atoms with Gasteiger partial charge in [0.05, 0.1) is 0 Å². The van der Waals surface area contributed by atoms with Crippen LogP contribution in [-0.2, 0) is 11.2 Å². The van der Waals surface area contributed by atoms with Crippen molar-refractivity contribution in [3.8, 4) is 0 Å². The van der Waals surface area contributed by atoms with E-state index in [1.807, 2.05) is 20.8 Å². The summed E-state index contributed by atoms with van der Waals surface area (Å²) in [5, 5.41) is 3.19. The first-order valence-electron chi connectivity index (χ1n) is 5.99. The van der Waals surface area contributed by atoms with Crippen molar-refractivity contribution in [3.63, 3.8) is 0 Å². The minimum Gasteiger partial charge on any atom is -0.314 e. The minimum absolute atomic E-state index is 0.145. The topological polar surface area (TPSA) is 29.1 Å². The highest BCUT2D eigenvalue weighted by Crippen LogP contribution is 2.11. The molecule has 1 N–H and O–H groups in total. The molecule has 0 unspecified atom stereocenters. The summed E-state index contributed by atoms with van der Waals surface area (Å²) < 4.78 is 13.0. The Bertz CT molecular complexity index is 388. The van der Waals surface area contributed by atoms with Gasteiger partial charge < -0.3 is 5.32 Å². The highest BCUT2D eigenvalue weighted by Gasteiger charge is 2.07. The van der Waals surface area contributed by atoms with Crippen molar-refractivity contribution in [2.75, 3.05) is 6.54 Å². The van der Waals surface area contributed by atoms with Gasteiger partial charge in [-0.25, -0.2) is 4.39 Å². The molecule has 0 atom stereocenters. The number of carbonyl (C=O) groups is 1. The number of carbonyl (C=O) groups excluding carboxylic acids is 1. The van der Waals surface area contributed by atoms with Gasteiger partial charge in [-0.2, -0.15) is 0 Å². The molecule has 0 bridgehead atoms. The third kappa shape index (κ3) is 5.09. The number of Topliss-reactive ketones (excluding diaryl/α,β-unsaturated/α-hetero) is 1. The smallest absolute Gasteiger partial charge is 0.138 e. The lowest BCUT2D eigenvalue weighted by molar-refractivity contribution is -0.118. The standard InChI is InChI=1S/C14H20FNO/c1-10(2)16-7-6-14(17)9-12-8-13(15)5-4-11(12)3/h4-5,8,10,16H,6-7,9H2,1-3H3. The predicted octanol–water partition coefficient (Wildman–Crippen LogP) is 2.63. The lowest BCUT2D eigenvalue weighted by Gasteiger charge is -2.08. The molecule has 0 aliphatic rings. The molecular weight excluding hydrogens is 217 g/mol. The molecule has 0 aromatic heterocycles. The Morgan fingerprint density at radius 1 is 1.41 bits per heavy atom. The van der Waals surface area contributed by atoms with Gasteiger partial charge in [0.2, 0.25) is 0 Å². The van der Waals surface area contributed by atoms with Gasteiger partial charge in [-0.3, -0.25) is 4.79 Å². The first kappa shape index (κ1) is 13.8. The monoisotopic (exact) mass is 237 g/mol. The Labute approximate surface area is 102 Å². The SMILES string of the molecule is Cc1ccc(F)cc1CC(=O)CCNC(C)C. The zero-order valence-electron chi connectivity index (χ0n) is 10.7. The number of benzene rings is 1. The molecule has 0 aliphatic heterocycles. The molecule has 3 heteroatoms. The summed E-state index contributed by atoms with van der Waals surface area (Å²) in [5.74, 6) is -0.134. The molecule has 0 saturated heterocycles. The van der Waals surface area contributed by atoms with Crippen molar-refractivity contribution in [2.45, 2.75) is 39.7 Å². The summed E-state index contributed by atoms with van der Waals surface area (Å²) in [6, 6.07) is 4.97. The van der Waals surface area contributed by atoms with E-state index < -0.39 is 0 Å². The van der Waals surface area contributed by atoms with Gasteiger partial charge in [0.1, 0.15) is 11.6 Å². The van der Waals surface area contributed by atoms with E-state index in [9.17, 15) is 9.18 Å². The van der Waals surface area contributed by atoms with Crippen LogP contribution >= 0.6 is 0 Å². The number of ketones is 1. The maximum absolute atomic E-state index is 13.0. The highest BCUT2D eigenvalue weighted by molar-refractivity contribution is 5.81. The van der Waals surface area contributed by atoms with E-state index >= 15 is 0 Å². The van der Waals surface area contributed by atoms with Crippen LogP contribution in [0.4, 0.5) is 4.39 Å². The summed E-state index contributed by atoms with van der Waals surface area (Å²) in [6.07, 6.45) is 0.817. The van der Waals surface area contributed by atoms with Gasteiger partial charge >= 0.3 is 0 Å². The lowest BCUT2D eigenvalue weighted by atomic mass is 10.0. The first-order valence-corrected chi connectivity index (χ1v) is 5.99. The number of hydrogen-bond acceptors (Lipinski definition) is 2. The molecule has 2 nitrogen and oxygen atoms in total. The van der Waals surface area contributed by atoms with Crippen LogP contribution in [0.25, 0.3) is 0 Å². The second-order valence-corrected chi connectivity index (χ2v) is 4.65. The summed E-state index contributed by atoms with van der Waals surface area (Å²) in [6.45, 7) is 6.67. The normalized spacial score (nSPS) is 10.9. The fraction of sp³-hybridized carbons (Fsp3) is 0.500. The average molecular weight is 237 g/mol. The van der Waals surface area contributed by atoms with E-state index in [1.165, 1.54) is 12.1 Å². The summed E-state index contributed by atoms with van der Waals surface area (Å²) >= 11 is 0. The number of nitrogens with one attached hydrogen (secondary N) is 1. The Morgan fingerprint density at radius 3 is 2.76 bits per heavy atom. The third-order valence-electron chi connectivity index (χ3n) is 2.66. The van der Waals surface area contributed by atoms with Crippen LogP contribution in [0.5, 0.6) is 0 Å². The molecule has 0 radical (unpaired) electrons. The van der Waals surface area contributed by atoms with Gasteiger partial charge in [0.25, 0.3) is 0 Å². The van der Waals surface area contributed by atoms with Crippen LogP contribution in [-0.4, -0.2) is 18.4 Å². The third-order valence-corrected chi connectivity index (χ3v) is 2.66. The minimum atomic E-state index is -0.279. The van der Waals surface area contributed by atoms with Crippen LogP contribution in [0.15, 0.2) is 18.2 Å². The van der Waals surface area contributed by atoms with E-state index in [0.29, 0.717) is 25.4 Å². The number of halogens is 1. The molecule has 94 valence electrons. The Hall–Kier alpha value is -1.22. The van der Waals surface area contributed by atoms with Crippen LogP contribution < -0.4 is 5.32 Å². The van der Waals surface area contributed by atoms with Crippen molar-refractivity contribution in [1.29, 1.82) is 0 Å². The van der Waals surface area contributed by atoms with E-state index in [4.69, 9.17) is 0 Å². The molecular formula is C14H20FNO. The molecule has 17 heavy (non-hydrogen) atoms. The van der Waals surface area contributed by atoms with Crippen LogP contribution in [0.3, 0.4) is 0 Å². The van der Waals surface area contributed by atoms with Crippen LogP contribution in [0.1, 0.15) is 31.4 Å². The van der Waals surface area contributed by atoms with E-state index in [0.717, 1.165) is 11.1 Å². The zero-order valence-corrected chi connectivity index (χ0v) is 10.7. The van der Waals surface area contributed by atoms with E-state index in [1.54, 1.807) is 6.07 Å². The van der Waals surface area contributed by atoms with Gasteiger partial charge in [-0.05, 0) is 30.2 Å². The molecule has 0 amide bonds. The molecule has 1 aromatic rings. The van der Waals surface area contributed by atoms with Gasteiger partial charge in [0.15, 0.2) is 0 Å². The van der Waals surface area contributed by atoms with Crippen LogP contribution in [0, 0.1) is 12.7 Å². The van der Waals surface area contributed by atoms with Gasteiger partial charge in [-0.15, -0.1) is 0 Å². The zero-order chi connectivity index (χ0) is 12.8. The molecule has 0 fully saturated rings. The van der Waals surface area contributed by atoms with Crippen molar-refractivity contribution < 1.29 is 9.18 Å². The average Bonchev–Trinajstić information content (AvgIpc) is 2.23. The Morgan fingerprint density at radius 2 is 2.12 bits per heavy atom. The number of aryl methyl sites for hydroxylation is 1. The molecule has 0 heterocycles. The van der Waals surface area contributed by atoms with E-state index in [2.05, 4.69) is 5.32 Å². The fourth-order valence-electron chi connectivity index (χ4n) is 1.63. The molecule has 0 saturated carbocycles. The Kier molecular flexibility index (Phi) is 5.29. The van der Waals surface area contributed by atoms with Crippen molar-refractivity contribution in [2.24, 2.45) is 0 Å². The van der Waals surface area contributed by atoms with Crippen LogP contribution in [0.2, 0.25) is 0 Å². The highest BCUT2D eigenvalue weighted by atomic mass is 19.1. The second kappa shape index (κ2) is 6.50. The Balaban J connectivity index is 2.47. The maximum Gasteiger partial charge on any atom is 0.138 e. The summed E-state index contributed by atoms with van der Waals surface area (Å²) in [5.41, 5.74) is 1.76. The van der Waals surface area contributed by atoms with Crippen molar-refractivity contribution in [1.82, 2.24) is 5.32 Å². The molecule has 1 rings (SSSR count).